The van der Waals surface area contributed by atoms with Crippen molar-refractivity contribution >= 4 is 0 Å². The van der Waals surface area contributed by atoms with Gasteiger partial charge < -0.3 is 4.90 Å². The average molecular weight is 211 g/mol. The molecule has 1 nitrogen and oxygen atoms in total. The zero-order chi connectivity index (χ0) is 11.5. The minimum atomic E-state index is 0.514. The summed E-state index contributed by atoms with van der Waals surface area (Å²) in [5, 5.41) is 0. The Labute approximate surface area is 96.2 Å². The van der Waals surface area contributed by atoms with Crippen molar-refractivity contribution in [3.63, 3.8) is 0 Å². The molecule has 0 atom stereocenters. The summed E-state index contributed by atoms with van der Waals surface area (Å²) in [5.41, 5.74) is 0.514. The molecule has 0 bridgehead atoms. The fraction of sp³-hybridized carbons (Fsp3) is 1.00. The average Bonchev–Trinajstić information content (AvgIpc) is 2.08. The van der Waals surface area contributed by atoms with E-state index in [0.29, 0.717) is 5.54 Å². The van der Waals surface area contributed by atoms with Crippen molar-refractivity contribution in [2.75, 3.05) is 13.6 Å². The van der Waals surface area contributed by atoms with Crippen LogP contribution in [0.5, 0.6) is 0 Å². The number of likely N-dealkylation sites (tertiary alicyclic amines) is 1. The van der Waals surface area contributed by atoms with E-state index in [4.69, 9.17) is 0 Å². The maximum absolute atomic E-state index is 2.65. The molecule has 1 aliphatic rings. The van der Waals surface area contributed by atoms with Gasteiger partial charge in [-0.25, -0.2) is 0 Å². The van der Waals surface area contributed by atoms with Crippen LogP contribution in [-0.4, -0.2) is 24.0 Å². The molecule has 0 unspecified atom stereocenters. The quantitative estimate of drug-likeness (QED) is 0.681. The fourth-order valence-corrected chi connectivity index (χ4v) is 3.35. The van der Waals surface area contributed by atoms with Crippen LogP contribution in [0.1, 0.15) is 59.8 Å². The third-order valence-electron chi connectivity index (χ3n) is 3.77. The zero-order valence-electron chi connectivity index (χ0n) is 11.3. The summed E-state index contributed by atoms with van der Waals surface area (Å²) in [6, 6.07) is 0. The van der Waals surface area contributed by atoms with Crippen LogP contribution < -0.4 is 0 Å². The Kier molecular flexibility index (Phi) is 4.64. The van der Waals surface area contributed by atoms with Crippen LogP contribution in [0.25, 0.3) is 0 Å². The highest BCUT2D eigenvalue weighted by Gasteiger charge is 2.37. The summed E-state index contributed by atoms with van der Waals surface area (Å²) < 4.78 is 0. The summed E-state index contributed by atoms with van der Waals surface area (Å²) in [6.45, 7) is 10.8. The number of piperidine rings is 1. The topological polar surface area (TPSA) is 3.24 Å². The van der Waals surface area contributed by atoms with Gasteiger partial charge in [0.25, 0.3) is 0 Å². The van der Waals surface area contributed by atoms with Gasteiger partial charge in [-0.05, 0) is 51.1 Å². The predicted octanol–water partition coefficient (Wildman–Crippen LogP) is 3.93. The molecule has 90 valence electrons. The van der Waals surface area contributed by atoms with Crippen molar-refractivity contribution in [1.29, 1.82) is 0 Å². The lowest BCUT2D eigenvalue weighted by molar-refractivity contribution is 0.0341. The first kappa shape index (κ1) is 13.0. The molecule has 0 aliphatic carbocycles. The van der Waals surface area contributed by atoms with Gasteiger partial charge in [-0.2, -0.15) is 0 Å². The van der Waals surface area contributed by atoms with Crippen molar-refractivity contribution in [2.45, 2.75) is 65.3 Å². The molecular formula is C14H29N. The van der Waals surface area contributed by atoms with Crippen LogP contribution in [0.15, 0.2) is 0 Å². The van der Waals surface area contributed by atoms with Crippen LogP contribution in [0.4, 0.5) is 0 Å². The van der Waals surface area contributed by atoms with Crippen molar-refractivity contribution < 1.29 is 0 Å². The molecule has 0 aromatic rings. The molecule has 0 aromatic carbocycles. The maximum atomic E-state index is 2.65. The maximum Gasteiger partial charge on any atom is 0.0211 e. The Morgan fingerprint density at radius 2 is 1.53 bits per heavy atom. The van der Waals surface area contributed by atoms with Crippen molar-refractivity contribution in [1.82, 2.24) is 4.90 Å². The van der Waals surface area contributed by atoms with Crippen LogP contribution in [0, 0.1) is 11.8 Å². The molecule has 1 fully saturated rings. The molecular weight excluding hydrogens is 182 g/mol. The number of rotatable bonds is 4. The molecule has 1 aliphatic heterocycles. The zero-order valence-corrected chi connectivity index (χ0v) is 11.3. The SMILES string of the molecule is CC(C)CC1(CC(C)C)CCCCN1C. The monoisotopic (exact) mass is 211 g/mol. The largest absolute Gasteiger partial charge is 0.301 e. The lowest BCUT2D eigenvalue weighted by atomic mass is 9.75. The van der Waals surface area contributed by atoms with Gasteiger partial charge >= 0.3 is 0 Å². The van der Waals surface area contributed by atoms with Gasteiger partial charge in [-0.3, -0.25) is 0 Å². The highest BCUT2D eigenvalue weighted by molar-refractivity contribution is 4.93. The second-order valence-corrected chi connectivity index (χ2v) is 6.30. The minimum absolute atomic E-state index is 0.514. The Bertz CT molecular complexity index is 174. The second kappa shape index (κ2) is 5.34. The first-order chi connectivity index (χ1) is 6.96. The molecule has 1 heterocycles. The first-order valence-corrected chi connectivity index (χ1v) is 6.67. The van der Waals surface area contributed by atoms with Crippen molar-refractivity contribution in [3.05, 3.63) is 0 Å². The summed E-state index contributed by atoms with van der Waals surface area (Å²) in [7, 11) is 2.34. The van der Waals surface area contributed by atoms with Gasteiger partial charge in [-0.15, -0.1) is 0 Å². The van der Waals surface area contributed by atoms with Crippen molar-refractivity contribution in [3.8, 4) is 0 Å². The van der Waals surface area contributed by atoms with E-state index >= 15 is 0 Å². The number of hydrogen-bond acceptors (Lipinski definition) is 1. The molecule has 1 heteroatoms. The van der Waals surface area contributed by atoms with E-state index in [0.717, 1.165) is 11.8 Å². The molecule has 0 aromatic heterocycles. The first-order valence-electron chi connectivity index (χ1n) is 6.67. The summed E-state index contributed by atoms with van der Waals surface area (Å²) in [4.78, 5) is 2.65. The standard InChI is InChI=1S/C14H29N/c1-12(2)10-14(11-13(3)4)8-6-7-9-15(14)5/h12-13H,6-11H2,1-5H3. The van der Waals surface area contributed by atoms with E-state index in [2.05, 4.69) is 39.6 Å². The van der Waals surface area contributed by atoms with Gasteiger partial charge in [0.1, 0.15) is 0 Å². The second-order valence-electron chi connectivity index (χ2n) is 6.30. The Balaban J connectivity index is 2.73. The van der Waals surface area contributed by atoms with E-state index in [1.807, 2.05) is 0 Å². The van der Waals surface area contributed by atoms with E-state index in [1.165, 1.54) is 38.6 Å². The molecule has 1 rings (SSSR count). The third-order valence-corrected chi connectivity index (χ3v) is 3.77. The van der Waals surface area contributed by atoms with Gasteiger partial charge in [0.05, 0.1) is 0 Å². The fourth-order valence-electron chi connectivity index (χ4n) is 3.35. The van der Waals surface area contributed by atoms with E-state index in [9.17, 15) is 0 Å². The van der Waals surface area contributed by atoms with Gasteiger partial charge in [-0.1, -0.05) is 34.1 Å². The van der Waals surface area contributed by atoms with Crippen LogP contribution in [0.3, 0.4) is 0 Å². The smallest absolute Gasteiger partial charge is 0.0211 e. The van der Waals surface area contributed by atoms with E-state index in [1.54, 1.807) is 0 Å². The lowest BCUT2D eigenvalue weighted by Gasteiger charge is -2.48. The Morgan fingerprint density at radius 1 is 1.00 bits per heavy atom. The van der Waals surface area contributed by atoms with Gasteiger partial charge in [0, 0.05) is 5.54 Å². The number of nitrogens with zero attached hydrogens (tertiary/aromatic N) is 1. The molecule has 15 heavy (non-hydrogen) atoms. The highest BCUT2D eigenvalue weighted by atomic mass is 15.2. The molecule has 0 saturated carbocycles. The minimum Gasteiger partial charge on any atom is -0.301 e. The molecule has 1 saturated heterocycles. The summed E-state index contributed by atoms with van der Waals surface area (Å²) >= 11 is 0. The van der Waals surface area contributed by atoms with Crippen LogP contribution in [0.2, 0.25) is 0 Å². The summed E-state index contributed by atoms with van der Waals surface area (Å²) in [6.07, 6.45) is 7.00. The van der Waals surface area contributed by atoms with E-state index < -0.39 is 0 Å². The third kappa shape index (κ3) is 3.48. The normalized spacial score (nSPS) is 22.6. The van der Waals surface area contributed by atoms with Gasteiger partial charge in [0.2, 0.25) is 0 Å². The summed E-state index contributed by atoms with van der Waals surface area (Å²) in [5.74, 6) is 1.65. The number of hydrogen-bond donors (Lipinski definition) is 0. The Morgan fingerprint density at radius 3 is 1.93 bits per heavy atom. The predicted molar refractivity (Wildman–Crippen MR) is 68.1 cm³/mol. The van der Waals surface area contributed by atoms with Crippen LogP contribution in [-0.2, 0) is 0 Å². The molecule has 0 amide bonds. The molecule has 0 radical (unpaired) electrons. The van der Waals surface area contributed by atoms with E-state index in [-0.39, 0.29) is 0 Å². The highest BCUT2D eigenvalue weighted by Crippen LogP contribution is 2.37. The van der Waals surface area contributed by atoms with Crippen LogP contribution >= 0.6 is 0 Å². The molecule has 0 N–H and O–H groups in total. The lowest BCUT2D eigenvalue weighted by Crippen LogP contribution is -2.51. The Hall–Kier alpha value is -0.0400. The van der Waals surface area contributed by atoms with Crippen molar-refractivity contribution in [2.24, 2.45) is 11.8 Å². The van der Waals surface area contributed by atoms with Gasteiger partial charge in [0.15, 0.2) is 0 Å². The molecule has 0 spiro atoms.